The molecule has 0 bridgehead atoms. The number of hydrogen-bond donors (Lipinski definition) is 2. The van der Waals surface area contributed by atoms with E-state index in [1.54, 1.807) is 18.3 Å². The maximum absolute atomic E-state index is 12.6. The number of carbonyl (C=O) groups excluding carboxylic acids is 1. The Labute approximate surface area is 145 Å². The molecule has 4 rings (SSSR count). The monoisotopic (exact) mass is 339 g/mol. The van der Waals surface area contributed by atoms with Crippen LogP contribution in [-0.2, 0) is 0 Å². The SMILES string of the molecule is O=C(Nc1ccc(N2CCCC2)cc1)c1c[nH]c2ccc(Cl)cc12. The fourth-order valence-corrected chi connectivity index (χ4v) is 3.38. The van der Waals surface area contributed by atoms with Gasteiger partial charge in [-0.3, -0.25) is 4.79 Å². The van der Waals surface area contributed by atoms with Crippen LogP contribution in [0.3, 0.4) is 0 Å². The molecule has 0 unspecified atom stereocenters. The highest BCUT2D eigenvalue weighted by atomic mass is 35.5. The van der Waals surface area contributed by atoms with Gasteiger partial charge in [-0.2, -0.15) is 0 Å². The molecular weight excluding hydrogens is 322 g/mol. The smallest absolute Gasteiger partial charge is 0.257 e. The maximum Gasteiger partial charge on any atom is 0.257 e. The van der Waals surface area contributed by atoms with Crippen molar-refractivity contribution in [1.29, 1.82) is 0 Å². The Kier molecular flexibility index (Phi) is 3.90. The average molecular weight is 340 g/mol. The van der Waals surface area contributed by atoms with Crippen molar-refractivity contribution in [3.63, 3.8) is 0 Å². The van der Waals surface area contributed by atoms with Gasteiger partial charge in [-0.1, -0.05) is 11.6 Å². The van der Waals surface area contributed by atoms with Crippen LogP contribution >= 0.6 is 11.6 Å². The Morgan fingerprint density at radius 2 is 1.83 bits per heavy atom. The van der Waals surface area contributed by atoms with Gasteiger partial charge in [-0.25, -0.2) is 0 Å². The second-order valence-corrected chi connectivity index (χ2v) is 6.52. The zero-order chi connectivity index (χ0) is 16.5. The normalized spacial score (nSPS) is 14.3. The number of hydrogen-bond acceptors (Lipinski definition) is 2. The summed E-state index contributed by atoms with van der Waals surface area (Å²) in [5.74, 6) is -0.141. The van der Waals surface area contributed by atoms with Crippen LogP contribution in [0.25, 0.3) is 10.9 Å². The molecule has 2 heterocycles. The molecule has 1 aliphatic heterocycles. The third-order valence-electron chi connectivity index (χ3n) is 4.48. The summed E-state index contributed by atoms with van der Waals surface area (Å²) < 4.78 is 0. The number of carbonyl (C=O) groups is 1. The molecule has 3 aromatic rings. The minimum atomic E-state index is -0.141. The van der Waals surface area contributed by atoms with Crippen molar-refractivity contribution in [2.24, 2.45) is 0 Å². The van der Waals surface area contributed by atoms with Crippen molar-refractivity contribution in [2.45, 2.75) is 12.8 Å². The number of fused-ring (bicyclic) bond motifs is 1. The third-order valence-corrected chi connectivity index (χ3v) is 4.72. The fourth-order valence-electron chi connectivity index (χ4n) is 3.21. The lowest BCUT2D eigenvalue weighted by Gasteiger charge is -2.17. The number of amides is 1. The highest BCUT2D eigenvalue weighted by molar-refractivity contribution is 6.31. The fraction of sp³-hybridized carbons (Fsp3) is 0.211. The van der Waals surface area contributed by atoms with Gasteiger partial charge in [0.25, 0.3) is 5.91 Å². The molecule has 2 aromatic carbocycles. The Morgan fingerprint density at radius 3 is 2.58 bits per heavy atom. The molecule has 2 N–H and O–H groups in total. The number of aromatic amines is 1. The van der Waals surface area contributed by atoms with Crippen LogP contribution in [-0.4, -0.2) is 24.0 Å². The first-order chi connectivity index (χ1) is 11.7. The van der Waals surface area contributed by atoms with Crippen molar-refractivity contribution >= 4 is 39.8 Å². The molecule has 122 valence electrons. The molecule has 24 heavy (non-hydrogen) atoms. The van der Waals surface area contributed by atoms with E-state index in [9.17, 15) is 4.79 Å². The van der Waals surface area contributed by atoms with E-state index in [4.69, 9.17) is 11.6 Å². The molecule has 1 saturated heterocycles. The first-order valence-corrected chi connectivity index (χ1v) is 8.51. The zero-order valence-corrected chi connectivity index (χ0v) is 13.9. The molecule has 1 fully saturated rings. The van der Waals surface area contributed by atoms with Gasteiger partial charge < -0.3 is 15.2 Å². The van der Waals surface area contributed by atoms with Gasteiger partial charge in [-0.15, -0.1) is 0 Å². The Morgan fingerprint density at radius 1 is 1.08 bits per heavy atom. The number of halogens is 1. The zero-order valence-electron chi connectivity index (χ0n) is 13.2. The summed E-state index contributed by atoms with van der Waals surface area (Å²) in [6, 6.07) is 13.5. The van der Waals surface area contributed by atoms with Gasteiger partial charge in [-0.05, 0) is 55.3 Å². The van der Waals surface area contributed by atoms with E-state index in [2.05, 4.69) is 27.3 Å². The van der Waals surface area contributed by atoms with Gasteiger partial charge >= 0.3 is 0 Å². The number of rotatable bonds is 3. The van der Waals surface area contributed by atoms with Crippen LogP contribution in [0, 0.1) is 0 Å². The number of aromatic nitrogens is 1. The standard InChI is InChI=1S/C19H18ClN3O/c20-13-3-8-18-16(11-13)17(12-21-18)19(24)22-14-4-6-15(7-5-14)23-9-1-2-10-23/h3-8,11-12,21H,1-2,9-10H2,(H,22,24). The first-order valence-electron chi connectivity index (χ1n) is 8.14. The molecule has 0 saturated carbocycles. The van der Waals surface area contributed by atoms with Crippen LogP contribution in [0.2, 0.25) is 5.02 Å². The van der Waals surface area contributed by atoms with Crippen molar-refractivity contribution in [3.05, 3.63) is 59.2 Å². The van der Waals surface area contributed by atoms with Crippen molar-refractivity contribution in [3.8, 4) is 0 Å². The van der Waals surface area contributed by atoms with Gasteiger partial charge in [0.1, 0.15) is 0 Å². The van der Waals surface area contributed by atoms with Gasteiger partial charge in [0, 0.05) is 46.6 Å². The summed E-state index contributed by atoms with van der Waals surface area (Å²) >= 11 is 6.04. The number of nitrogens with zero attached hydrogens (tertiary/aromatic N) is 1. The van der Waals surface area contributed by atoms with Gasteiger partial charge in [0.05, 0.1) is 5.56 Å². The molecule has 1 amide bonds. The lowest BCUT2D eigenvalue weighted by Crippen LogP contribution is -2.17. The first kappa shape index (κ1) is 15.1. The van der Waals surface area contributed by atoms with Crippen LogP contribution in [0.4, 0.5) is 11.4 Å². The van der Waals surface area contributed by atoms with Gasteiger partial charge in [0.15, 0.2) is 0 Å². The van der Waals surface area contributed by atoms with E-state index >= 15 is 0 Å². The quantitative estimate of drug-likeness (QED) is 0.728. The predicted octanol–water partition coefficient (Wildman–Crippen LogP) is 4.67. The number of H-pyrrole nitrogens is 1. The van der Waals surface area contributed by atoms with Crippen LogP contribution in [0.1, 0.15) is 23.2 Å². The van der Waals surface area contributed by atoms with Crippen molar-refractivity contribution < 1.29 is 4.79 Å². The maximum atomic E-state index is 12.6. The Bertz CT molecular complexity index is 879. The molecule has 1 aromatic heterocycles. The second-order valence-electron chi connectivity index (χ2n) is 6.09. The molecule has 4 nitrogen and oxygen atoms in total. The lowest BCUT2D eigenvalue weighted by molar-refractivity contribution is 0.102. The average Bonchev–Trinajstić information content (AvgIpc) is 3.24. The predicted molar refractivity (Wildman–Crippen MR) is 99.2 cm³/mol. The summed E-state index contributed by atoms with van der Waals surface area (Å²) in [7, 11) is 0. The molecule has 0 radical (unpaired) electrons. The van der Waals surface area contributed by atoms with Crippen molar-refractivity contribution in [1.82, 2.24) is 4.98 Å². The summed E-state index contributed by atoms with van der Waals surface area (Å²) in [4.78, 5) is 18.0. The highest BCUT2D eigenvalue weighted by Gasteiger charge is 2.14. The molecule has 0 aliphatic carbocycles. The molecule has 5 heteroatoms. The van der Waals surface area contributed by atoms with E-state index in [0.29, 0.717) is 10.6 Å². The number of benzene rings is 2. The van der Waals surface area contributed by atoms with E-state index in [1.807, 2.05) is 18.2 Å². The molecular formula is C19H18ClN3O. The van der Waals surface area contributed by atoms with E-state index < -0.39 is 0 Å². The van der Waals surface area contributed by atoms with Crippen LogP contribution in [0.15, 0.2) is 48.7 Å². The van der Waals surface area contributed by atoms with Crippen LogP contribution < -0.4 is 10.2 Å². The minimum Gasteiger partial charge on any atom is -0.372 e. The minimum absolute atomic E-state index is 0.141. The number of nitrogens with one attached hydrogen (secondary N) is 2. The summed E-state index contributed by atoms with van der Waals surface area (Å²) in [5, 5.41) is 4.40. The number of anilines is 2. The van der Waals surface area contributed by atoms with E-state index in [-0.39, 0.29) is 5.91 Å². The van der Waals surface area contributed by atoms with Crippen molar-refractivity contribution in [2.75, 3.05) is 23.3 Å². The summed E-state index contributed by atoms with van der Waals surface area (Å²) in [6.45, 7) is 2.23. The summed E-state index contributed by atoms with van der Waals surface area (Å²) in [6.07, 6.45) is 4.22. The van der Waals surface area contributed by atoms with E-state index in [1.165, 1.54) is 18.5 Å². The molecule has 1 aliphatic rings. The topological polar surface area (TPSA) is 48.1 Å². The Balaban J connectivity index is 1.53. The summed E-state index contributed by atoms with van der Waals surface area (Å²) in [5.41, 5.74) is 3.49. The lowest BCUT2D eigenvalue weighted by atomic mass is 10.1. The van der Waals surface area contributed by atoms with Gasteiger partial charge in [0.2, 0.25) is 0 Å². The Hall–Kier alpha value is -2.46. The largest absolute Gasteiger partial charge is 0.372 e. The van der Waals surface area contributed by atoms with E-state index in [0.717, 1.165) is 29.7 Å². The molecule has 0 spiro atoms. The highest BCUT2D eigenvalue weighted by Crippen LogP contribution is 2.25. The van der Waals surface area contributed by atoms with Crippen LogP contribution in [0.5, 0.6) is 0 Å². The molecule has 0 atom stereocenters. The second kappa shape index (κ2) is 6.21. The third kappa shape index (κ3) is 2.85.